The van der Waals surface area contributed by atoms with E-state index in [1.54, 1.807) is 0 Å². The Balaban J connectivity index is 2.38. The SMILES string of the molecule is O=C(OBr)OCc1ccccc1. The molecule has 0 saturated heterocycles. The van der Waals surface area contributed by atoms with E-state index in [0.29, 0.717) is 0 Å². The van der Waals surface area contributed by atoms with Crippen LogP contribution in [0.25, 0.3) is 0 Å². The van der Waals surface area contributed by atoms with Crippen LogP contribution >= 0.6 is 16.3 Å². The van der Waals surface area contributed by atoms with Crippen molar-refractivity contribution in [3.63, 3.8) is 0 Å². The first-order valence-electron chi connectivity index (χ1n) is 3.32. The lowest BCUT2D eigenvalue weighted by atomic mass is 10.2. The largest absolute Gasteiger partial charge is 0.520 e. The van der Waals surface area contributed by atoms with Crippen LogP contribution in [0.2, 0.25) is 0 Å². The van der Waals surface area contributed by atoms with Crippen LogP contribution in [-0.4, -0.2) is 6.16 Å². The minimum absolute atomic E-state index is 0.227. The fourth-order valence-corrected chi connectivity index (χ4v) is 0.832. The normalized spacial score (nSPS) is 9.08. The number of ether oxygens (including phenoxy) is 1. The van der Waals surface area contributed by atoms with Crippen LogP contribution in [-0.2, 0) is 15.2 Å². The van der Waals surface area contributed by atoms with E-state index >= 15 is 0 Å². The molecular formula is C8H7BrO3. The molecule has 0 aromatic heterocycles. The first kappa shape index (κ1) is 9.06. The van der Waals surface area contributed by atoms with Gasteiger partial charge >= 0.3 is 6.16 Å². The van der Waals surface area contributed by atoms with Crippen molar-refractivity contribution in [1.82, 2.24) is 0 Å². The van der Waals surface area contributed by atoms with Crippen molar-refractivity contribution >= 4 is 22.4 Å². The number of carbonyl (C=O) groups excluding carboxylic acids is 1. The number of carbonyl (C=O) groups is 1. The van der Waals surface area contributed by atoms with Gasteiger partial charge in [-0.05, 0) is 5.56 Å². The lowest BCUT2D eigenvalue weighted by molar-refractivity contribution is 0.103. The fourth-order valence-electron chi connectivity index (χ4n) is 0.739. The second-order valence-electron chi connectivity index (χ2n) is 2.10. The number of hydrogen-bond acceptors (Lipinski definition) is 3. The molecule has 0 heterocycles. The van der Waals surface area contributed by atoms with Crippen molar-refractivity contribution < 1.29 is 13.4 Å². The van der Waals surface area contributed by atoms with Gasteiger partial charge in [-0.2, -0.15) is 0 Å². The van der Waals surface area contributed by atoms with E-state index in [1.165, 1.54) is 0 Å². The van der Waals surface area contributed by atoms with Crippen LogP contribution in [0.5, 0.6) is 0 Å². The third-order valence-corrected chi connectivity index (χ3v) is 1.53. The van der Waals surface area contributed by atoms with E-state index in [4.69, 9.17) is 0 Å². The summed E-state index contributed by atoms with van der Waals surface area (Å²) in [5, 5.41) is 0. The van der Waals surface area contributed by atoms with Crippen molar-refractivity contribution in [3.8, 4) is 0 Å². The van der Waals surface area contributed by atoms with Gasteiger partial charge in [0, 0.05) is 0 Å². The van der Waals surface area contributed by atoms with Gasteiger partial charge in [0.1, 0.15) is 6.61 Å². The number of halogens is 1. The molecule has 0 fully saturated rings. The summed E-state index contributed by atoms with van der Waals surface area (Å²) in [7, 11) is 0. The predicted molar refractivity (Wildman–Crippen MR) is 46.6 cm³/mol. The Morgan fingerprint density at radius 2 is 2.00 bits per heavy atom. The van der Waals surface area contributed by atoms with Gasteiger partial charge in [0.2, 0.25) is 0 Å². The highest BCUT2D eigenvalue weighted by molar-refractivity contribution is 9.06. The summed E-state index contributed by atoms with van der Waals surface area (Å²) in [6, 6.07) is 9.37. The molecule has 0 bridgehead atoms. The molecule has 0 N–H and O–H groups in total. The standard InChI is InChI=1S/C8H7BrO3/c9-12-8(10)11-6-7-4-2-1-3-5-7/h1-5H,6H2. The highest BCUT2D eigenvalue weighted by Gasteiger charge is 2.00. The predicted octanol–water partition coefficient (Wildman–Crippen LogP) is 2.65. The first-order chi connectivity index (χ1) is 5.83. The average molecular weight is 231 g/mol. The molecule has 1 rings (SSSR count). The zero-order valence-corrected chi connectivity index (χ0v) is 7.78. The Bertz CT molecular complexity index is 248. The molecular weight excluding hydrogens is 224 g/mol. The average Bonchev–Trinajstić information content (AvgIpc) is 2.16. The quantitative estimate of drug-likeness (QED) is 0.734. The van der Waals surface area contributed by atoms with Gasteiger partial charge in [0.25, 0.3) is 0 Å². The highest BCUT2D eigenvalue weighted by atomic mass is 79.9. The topological polar surface area (TPSA) is 35.5 Å². The van der Waals surface area contributed by atoms with Crippen LogP contribution in [0.15, 0.2) is 30.3 Å². The Hall–Kier alpha value is -1.03. The zero-order valence-electron chi connectivity index (χ0n) is 6.20. The molecule has 0 aliphatic heterocycles. The van der Waals surface area contributed by atoms with Gasteiger partial charge in [-0.25, -0.2) is 4.79 Å². The van der Waals surface area contributed by atoms with Crippen LogP contribution in [0.4, 0.5) is 4.79 Å². The van der Waals surface area contributed by atoms with Gasteiger partial charge in [-0.1, -0.05) is 30.3 Å². The number of benzene rings is 1. The summed E-state index contributed by atoms with van der Waals surface area (Å²) in [5.74, 6) is 0. The number of rotatable bonds is 2. The van der Waals surface area contributed by atoms with Crippen LogP contribution in [0, 0.1) is 0 Å². The fraction of sp³-hybridized carbons (Fsp3) is 0.125. The number of hydrogen-bond donors (Lipinski definition) is 0. The Kier molecular flexibility index (Phi) is 3.60. The molecule has 64 valence electrons. The second-order valence-corrected chi connectivity index (χ2v) is 2.43. The third kappa shape index (κ3) is 2.92. The highest BCUT2D eigenvalue weighted by Crippen LogP contribution is 2.02. The summed E-state index contributed by atoms with van der Waals surface area (Å²) >= 11 is 2.51. The molecule has 12 heavy (non-hydrogen) atoms. The van der Waals surface area contributed by atoms with E-state index < -0.39 is 6.16 Å². The summed E-state index contributed by atoms with van der Waals surface area (Å²) in [5.41, 5.74) is 0.926. The summed E-state index contributed by atoms with van der Waals surface area (Å²) in [6.45, 7) is 0.227. The third-order valence-electron chi connectivity index (χ3n) is 1.26. The van der Waals surface area contributed by atoms with E-state index in [1.807, 2.05) is 30.3 Å². The lowest BCUT2D eigenvalue weighted by Gasteiger charge is -2.00. The molecule has 0 atom stereocenters. The Morgan fingerprint density at radius 3 is 2.58 bits per heavy atom. The molecule has 0 amide bonds. The van der Waals surface area contributed by atoms with Gasteiger partial charge in [0.05, 0.1) is 0 Å². The maximum Gasteiger partial charge on any atom is 0.520 e. The Morgan fingerprint density at radius 1 is 1.33 bits per heavy atom. The zero-order chi connectivity index (χ0) is 8.81. The molecule has 0 aliphatic rings. The van der Waals surface area contributed by atoms with Gasteiger partial charge in [-0.15, -0.1) is 0 Å². The summed E-state index contributed by atoms with van der Waals surface area (Å²) < 4.78 is 8.79. The first-order valence-corrected chi connectivity index (χ1v) is 3.97. The molecule has 4 heteroatoms. The van der Waals surface area contributed by atoms with Crippen molar-refractivity contribution in [2.45, 2.75) is 6.61 Å². The second kappa shape index (κ2) is 4.77. The summed E-state index contributed by atoms with van der Waals surface area (Å²) in [4.78, 5) is 10.5. The van der Waals surface area contributed by atoms with E-state index in [9.17, 15) is 4.79 Å². The van der Waals surface area contributed by atoms with Crippen molar-refractivity contribution in [1.29, 1.82) is 0 Å². The van der Waals surface area contributed by atoms with Gasteiger partial charge < -0.3 is 8.57 Å². The van der Waals surface area contributed by atoms with Crippen molar-refractivity contribution in [2.75, 3.05) is 0 Å². The lowest BCUT2D eigenvalue weighted by Crippen LogP contribution is -2.00. The monoisotopic (exact) mass is 230 g/mol. The molecule has 1 aromatic carbocycles. The van der Waals surface area contributed by atoms with Crippen LogP contribution in [0.1, 0.15) is 5.56 Å². The maximum atomic E-state index is 10.5. The molecule has 0 unspecified atom stereocenters. The van der Waals surface area contributed by atoms with Gasteiger partial charge in [-0.3, -0.25) is 0 Å². The molecule has 0 spiro atoms. The van der Waals surface area contributed by atoms with Crippen LogP contribution < -0.4 is 0 Å². The summed E-state index contributed by atoms with van der Waals surface area (Å²) in [6.07, 6.45) is -0.737. The van der Waals surface area contributed by atoms with Crippen molar-refractivity contribution in [3.05, 3.63) is 35.9 Å². The molecule has 3 nitrogen and oxygen atoms in total. The molecule has 0 saturated carbocycles. The maximum absolute atomic E-state index is 10.5. The minimum atomic E-state index is -0.737. The van der Waals surface area contributed by atoms with E-state index in [2.05, 4.69) is 24.8 Å². The molecule has 1 aromatic rings. The van der Waals surface area contributed by atoms with E-state index in [0.717, 1.165) is 5.56 Å². The smallest absolute Gasteiger partial charge is 0.429 e. The van der Waals surface area contributed by atoms with Gasteiger partial charge in [0.15, 0.2) is 16.3 Å². The Labute approximate surface area is 78.7 Å². The van der Waals surface area contributed by atoms with E-state index in [-0.39, 0.29) is 6.61 Å². The van der Waals surface area contributed by atoms with Crippen molar-refractivity contribution in [2.24, 2.45) is 0 Å². The molecule has 0 aliphatic carbocycles. The van der Waals surface area contributed by atoms with Crippen LogP contribution in [0.3, 0.4) is 0 Å². The minimum Gasteiger partial charge on any atom is -0.429 e. The molecule has 0 radical (unpaired) electrons.